The first-order valence-electron chi connectivity index (χ1n) is 7.45. The third kappa shape index (κ3) is 4.10. The third-order valence-electron chi connectivity index (χ3n) is 3.51. The van der Waals surface area contributed by atoms with Crippen LogP contribution >= 0.6 is 11.8 Å². The summed E-state index contributed by atoms with van der Waals surface area (Å²) in [5.74, 6) is -0.235. The molecule has 0 saturated heterocycles. The molecule has 0 saturated carbocycles. The summed E-state index contributed by atoms with van der Waals surface area (Å²) in [6.07, 6.45) is 2.59. The standard InChI is InChI=1S/C17H17N3O2S/c21-16(19-10-8-12-5-3-4-9-18-12)11-15-17(22)20-13-6-1-2-7-14(13)23-15/h1-7,9,15H,8,10-11H2,(H,19,21)(H,20,22)/t15-/m0/s1. The van der Waals surface area contributed by atoms with E-state index >= 15 is 0 Å². The van der Waals surface area contributed by atoms with E-state index in [-0.39, 0.29) is 23.5 Å². The molecule has 2 N–H and O–H groups in total. The number of pyridine rings is 1. The van der Waals surface area contributed by atoms with Gasteiger partial charge in [-0.05, 0) is 24.3 Å². The van der Waals surface area contributed by atoms with Crippen LogP contribution in [0.1, 0.15) is 12.1 Å². The van der Waals surface area contributed by atoms with Gasteiger partial charge in [0.2, 0.25) is 11.8 Å². The van der Waals surface area contributed by atoms with E-state index < -0.39 is 0 Å². The van der Waals surface area contributed by atoms with Crippen molar-refractivity contribution >= 4 is 29.3 Å². The lowest BCUT2D eigenvalue weighted by Gasteiger charge is -2.23. The van der Waals surface area contributed by atoms with Gasteiger partial charge in [-0.1, -0.05) is 18.2 Å². The number of thioether (sulfide) groups is 1. The minimum absolute atomic E-state index is 0.117. The van der Waals surface area contributed by atoms with Crippen LogP contribution in [0.4, 0.5) is 5.69 Å². The number of carbonyl (C=O) groups excluding carboxylic acids is 2. The van der Waals surface area contributed by atoms with Gasteiger partial charge in [0.15, 0.2) is 0 Å². The van der Waals surface area contributed by atoms with Crippen molar-refractivity contribution in [2.24, 2.45) is 0 Å². The number of benzene rings is 1. The summed E-state index contributed by atoms with van der Waals surface area (Å²) in [7, 11) is 0. The molecule has 5 nitrogen and oxygen atoms in total. The summed E-state index contributed by atoms with van der Waals surface area (Å²) in [4.78, 5) is 29.3. The first-order chi connectivity index (χ1) is 11.2. The highest BCUT2D eigenvalue weighted by Crippen LogP contribution is 2.36. The Kier molecular flexibility index (Phi) is 4.92. The predicted octanol–water partition coefficient (Wildman–Crippen LogP) is 2.24. The largest absolute Gasteiger partial charge is 0.356 e. The van der Waals surface area contributed by atoms with E-state index in [2.05, 4.69) is 15.6 Å². The SMILES string of the molecule is O=C(C[C@@H]1Sc2ccccc2NC1=O)NCCc1ccccn1. The van der Waals surface area contributed by atoms with Gasteiger partial charge in [-0.2, -0.15) is 0 Å². The molecule has 0 bridgehead atoms. The minimum atomic E-state index is -0.389. The summed E-state index contributed by atoms with van der Waals surface area (Å²) < 4.78 is 0. The van der Waals surface area contributed by atoms with Crippen LogP contribution < -0.4 is 10.6 Å². The van der Waals surface area contributed by atoms with E-state index in [1.165, 1.54) is 11.8 Å². The smallest absolute Gasteiger partial charge is 0.238 e. The molecule has 1 aromatic carbocycles. The Morgan fingerprint density at radius 1 is 1.22 bits per heavy atom. The molecule has 2 aromatic rings. The van der Waals surface area contributed by atoms with Crippen molar-refractivity contribution in [2.75, 3.05) is 11.9 Å². The van der Waals surface area contributed by atoms with Crippen LogP contribution in [0.3, 0.4) is 0 Å². The van der Waals surface area contributed by atoms with E-state index in [0.29, 0.717) is 13.0 Å². The zero-order chi connectivity index (χ0) is 16.1. The summed E-state index contributed by atoms with van der Waals surface area (Å²) in [5, 5.41) is 5.31. The van der Waals surface area contributed by atoms with Crippen LogP contribution in [0.5, 0.6) is 0 Å². The number of anilines is 1. The van der Waals surface area contributed by atoms with Crippen molar-refractivity contribution in [3.63, 3.8) is 0 Å². The summed E-state index contributed by atoms with van der Waals surface area (Å²) in [6.45, 7) is 0.519. The van der Waals surface area contributed by atoms with E-state index in [4.69, 9.17) is 0 Å². The first-order valence-corrected chi connectivity index (χ1v) is 8.33. The van der Waals surface area contributed by atoms with Gasteiger partial charge in [-0.25, -0.2) is 0 Å². The Bertz CT molecular complexity index is 706. The van der Waals surface area contributed by atoms with Crippen molar-refractivity contribution in [3.05, 3.63) is 54.4 Å². The number of nitrogens with one attached hydrogen (secondary N) is 2. The normalized spacial score (nSPS) is 16.3. The lowest BCUT2D eigenvalue weighted by molar-refractivity contribution is -0.124. The average Bonchev–Trinajstić information content (AvgIpc) is 2.56. The Hall–Kier alpha value is -2.34. The maximum Gasteiger partial charge on any atom is 0.238 e. The highest BCUT2D eigenvalue weighted by atomic mass is 32.2. The molecule has 1 aliphatic rings. The van der Waals surface area contributed by atoms with E-state index in [0.717, 1.165) is 16.3 Å². The van der Waals surface area contributed by atoms with Crippen molar-refractivity contribution < 1.29 is 9.59 Å². The number of aromatic nitrogens is 1. The average molecular weight is 327 g/mol. The molecule has 118 valence electrons. The highest BCUT2D eigenvalue weighted by molar-refractivity contribution is 8.01. The molecule has 23 heavy (non-hydrogen) atoms. The predicted molar refractivity (Wildman–Crippen MR) is 90.3 cm³/mol. The lowest BCUT2D eigenvalue weighted by atomic mass is 10.2. The van der Waals surface area contributed by atoms with Gasteiger partial charge < -0.3 is 10.6 Å². The van der Waals surface area contributed by atoms with Crippen LogP contribution in [-0.4, -0.2) is 28.6 Å². The molecule has 1 aliphatic heterocycles. The quantitative estimate of drug-likeness (QED) is 0.883. The molecule has 1 atom stereocenters. The number of hydrogen-bond acceptors (Lipinski definition) is 4. The summed E-state index contributed by atoms with van der Waals surface area (Å²) in [5.41, 5.74) is 1.75. The number of amides is 2. The molecule has 0 spiro atoms. The molecule has 6 heteroatoms. The van der Waals surface area contributed by atoms with Crippen molar-refractivity contribution in [3.8, 4) is 0 Å². The lowest BCUT2D eigenvalue weighted by Crippen LogP contribution is -2.35. The Morgan fingerprint density at radius 2 is 2.04 bits per heavy atom. The number of fused-ring (bicyclic) bond motifs is 1. The molecule has 2 heterocycles. The molecular weight excluding hydrogens is 310 g/mol. The Labute approximate surface area is 138 Å². The van der Waals surface area contributed by atoms with Gasteiger partial charge >= 0.3 is 0 Å². The fourth-order valence-electron chi connectivity index (χ4n) is 2.34. The Balaban J connectivity index is 1.49. The zero-order valence-electron chi connectivity index (χ0n) is 12.5. The van der Waals surface area contributed by atoms with Crippen LogP contribution in [0.2, 0.25) is 0 Å². The minimum Gasteiger partial charge on any atom is -0.356 e. The molecule has 0 radical (unpaired) electrons. The van der Waals surface area contributed by atoms with E-state index in [1.54, 1.807) is 6.20 Å². The first kappa shape index (κ1) is 15.6. The Morgan fingerprint density at radius 3 is 2.87 bits per heavy atom. The van der Waals surface area contributed by atoms with Gasteiger partial charge in [0.05, 0.1) is 10.9 Å². The monoisotopic (exact) mass is 327 g/mol. The maximum atomic E-state index is 12.1. The second kappa shape index (κ2) is 7.28. The van der Waals surface area contributed by atoms with E-state index in [9.17, 15) is 9.59 Å². The molecule has 1 aromatic heterocycles. The van der Waals surface area contributed by atoms with Crippen molar-refractivity contribution in [1.29, 1.82) is 0 Å². The fourth-order valence-corrected chi connectivity index (χ4v) is 3.45. The molecule has 2 amide bonds. The number of para-hydroxylation sites is 1. The van der Waals surface area contributed by atoms with Crippen molar-refractivity contribution in [2.45, 2.75) is 23.0 Å². The second-order valence-electron chi connectivity index (χ2n) is 5.22. The summed E-state index contributed by atoms with van der Waals surface area (Å²) in [6, 6.07) is 13.3. The number of nitrogens with zero attached hydrogens (tertiary/aromatic N) is 1. The maximum absolute atomic E-state index is 12.1. The van der Waals surface area contributed by atoms with Crippen LogP contribution in [-0.2, 0) is 16.0 Å². The molecule has 3 rings (SSSR count). The van der Waals surface area contributed by atoms with Crippen LogP contribution in [0.15, 0.2) is 53.6 Å². The highest BCUT2D eigenvalue weighted by Gasteiger charge is 2.28. The molecule has 0 aliphatic carbocycles. The van der Waals surface area contributed by atoms with Gasteiger partial charge in [-0.3, -0.25) is 14.6 Å². The van der Waals surface area contributed by atoms with Gasteiger partial charge in [0.1, 0.15) is 0 Å². The molecule has 0 unspecified atom stereocenters. The zero-order valence-corrected chi connectivity index (χ0v) is 13.3. The fraction of sp³-hybridized carbons (Fsp3) is 0.235. The van der Waals surface area contributed by atoms with Gasteiger partial charge in [0, 0.05) is 36.2 Å². The van der Waals surface area contributed by atoms with Crippen LogP contribution in [0, 0.1) is 0 Å². The van der Waals surface area contributed by atoms with Crippen LogP contribution in [0.25, 0.3) is 0 Å². The topological polar surface area (TPSA) is 71.1 Å². The molecular formula is C17H17N3O2S. The number of hydrogen-bond donors (Lipinski definition) is 2. The summed E-state index contributed by atoms with van der Waals surface area (Å²) >= 11 is 1.44. The van der Waals surface area contributed by atoms with E-state index in [1.807, 2.05) is 42.5 Å². The van der Waals surface area contributed by atoms with Gasteiger partial charge in [-0.15, -0.1) is 11.8 Å². The van der Waals surface area contributed by atoms with Gasteiger partial charge in [0.25, 0.3) is 0 Å². The third-order valence-corrected chi connectivity index (χ3v) is 4.78. The number of carbonyl (C=O) groups is 2. The molecule has 0 fully saturated rings. The van der Waals surface area contributed by atoms with Crippen molar-refractivity contribution in [1.82, 2.24) is 10.3 Å². The number of rotatable bonds is 5. The second-order valence-corrected chi connectivity index (χ2v) is 6.46.